The smallest absolute Gasteiger partial charge is 0.511 e. The van der Waals surface area contributed by atoms with E-state index in [2.05, 4.69) is 128 Å². The van der Waals surface area contributed by atoms with Crippen LogP contribution in [0.2, 0.25) is 0 Å². The van der Waals surface area contributed by atoms with Crippen molar-refractivity contribution in [3.8, 4) is 5.75 Å². The van der Waals surface area contributed by atoms with Crippen LogP contribution in [0.15, 0.2) is 158 Å². The number of hydrogen-bond acceptors (Lipinski definition) is 3. The molecule has 5 heteroatoms. The Morgan fingerprint density at radius 3 is 1.33 bits per heavy atom. The van der Waals surface area contributed by atoms with Gasteiger partial charge in [-0.15, -0.1) is 0 Å². The number of hydrogen-bond donors (Lipinski definition) is 2. The zero-order chi connectivity index (χ0) is 39.5. The molecule has 0 bridgehead atoms. The molecule has 3 nitrogen and oxygen atoms in total. The average molecular weight is 776 g/mol. The van der Waals surface area contributed by atoms with Crippen LogP contribution in [0, 0.1) is 0 Å². The highest BCUT2D eigenvalue weighted by Crippen LogP contribution is 2.56. The van der Waals surface area contributed by atoms with Gasteiger partial charge in [0.1, 0.15) is 28.9 Å². The van der Waals surface area contributed by atoms with E-state index in [0.29, 0.717) is 5.75 Å². The molecule has 0 aliphatic rings. The molecule has 0 saturated carbocycles. The summed E-state index contributed by atoms with van der Waals surface area (Å²) in [5.74, 6) is 0.466. The number of benzene rings is 7. The predicted molar refractivity (Wildman–Crippen MR) is 250 cm³/mol. The van der Waals surface area contributed by atoms with Crippen LogP contribution >= 0.6 is 7.26 Å². The number of rotatable bonds is 20. The van der Waals surface area contributed by atoms with Gasteiger partial charge in [-0.25, -0.2) is 0 Å². The van der Waals surface area contributed by atoms with Crippen LogP contribution in [0.5, 0.6) is 5.75 Å². The minimum absolute atomic E-state index is 0.466. The van der Waals surface area contributed by atoms with Crippen LogP contribution < -0.4 is 20.6 Å². The highest BCUT2D eigenvalue weighted by molar-refractivity contribution is 7.95. The average Bonchev–Trinajstić information content (AvgIpc) is 3.25. The summed E-state index contributed by atoms with van der Waals surface area (Å²) in [6.45, 7) is 2.30. The molecular formula is C52H61BO3P+. The molecule has 7 aromatic carbocycles. The maximum atomic E-state index is 9.14. The van der Waals surface area contributed by atoms with Gasteiger partial charge in [0.05, 0.1) is 6.16 Å². The topological polar surface area (TPSA) is 49.7 Å². The lowest BCUT2D eigenvalue weighted by molar-refractivity contribution is 0.289. The van der Waals surface area contributed by atoms with Crippen molar-refractivity contribution in [3.05, 3.63) is 158 Å². The summed E-state index contributed by atoms with van der Waals surface area (Å²) in [4.78, 5) is 0. The van der Waals surface area contributed by atoms with E-state index in [1.54, 1.807) is 6.07 Å². The van der Waals surface area contributed by atoms with Crippen LogP contribution in [0.25, 0.3) is 32.3 Å². The molecular weight excluding hydrogens is 714 g/mol. The second-order valence-corrected chi connectivity index (χ2v) is 19.0. The Morgan fingerprint density at radius 1 is 0.421 bits per heavy atom. The summed E-state index contributed by atoms with van der Waals surface area (Å²) < 4.78 is 5.16. The number of unbranched alkanes of at least 4 members (excludes halogenated alkanes) is 13. The maximum Gasteiger partial charge on any atom is 0.707 e. The van der Waals surface area contributed by atoms with Gasteiger partial charge in [-0.3, -0.25) is 0 Å². The first kappa shape index (κ1) is 42.1. The van der Waals surface area contributed by atoms with Crippen LogP contribution in [-0.4, -0.2) is 23.5 Å². The summed E-state index contributed by atoms with van der Waals surface area (Å²) >= 11 is 0. The predicted octanol–water partition coefficient (Wildman–Crippen LogP) is 13.0. The Morgan fingerprint density at radius 2 is 0.842 bits per heavy atom. The summed E-state index contributed by atoms with van der Waals surface area (Å²) in [5.41, 5.74) is 0. The summed E-state index contributed by atoms with van der Waals surface area (Å²) in [6, 6.07) is 56.1. The Kier molecular flexibility index (Phi) is 16.6. The summed E-state index contributed by atoms with van der Waals surface area (Å²) in [5, 5.41) is 29.2. The Bertz CT molecular complexity index is 2110. The fourth-order valence-corrected chi connectivity index (χ4v) is 12.8. The van der Waals surface area contributed by atoms with Crippen molar-refractivity contribution in [3.63, 3.8) is 0 Å². The van der Waals surface area contributed by atoms with Crippen molar-refractivity contribution >= 4 is 62.8 Å². The van der Waals surface area contributed by atoms with Gasteiger partial charge in [-0.2, -0.15) is 0 Å². The van der Waals surface area contributed by atoms with Crippen molar-refractivity contribution in [2.24, 2.45) is 0 Å². The summed E-state index contributed by atoms with van der Waals surface area (Å²) in [7, 11) is -3.47. The van der Waals surface area contributed by atoms with Crippen molar-refractivity contribution in [1.82, 2.24) is 0 Å². The second-order valence-electron chi connectivity index (χ2n) is 15.4. The molecule has 57 heavy (non-hydrogen) atoms. The second kappa shape index (κ2) is 22.5. The molecule has 0 fully saturated rings. The van der Waals surface area contributed by atoms with E-state index in [0.717, 1.165) is 26.9 Å². The lowest BCUT2D eigenvalue weighted by atomic mass is 9.97. The fourth-order valence-electron chi connectivity index (χ4n) is 8.40. The minimum Gasteiger partial charge on any atom is -0.511 e. The first-order chi connectivity index (χ1) is 28.1. The molecule has 0 heterocycles. The molecule has 294 valence electrons. The van der Waals surface area contributed by atoms with Crippen molar-refractivity contribution in [2.45, 2.75) is 96.8 Å². The quantitative estimate of drug-likeness (QED) is 0.0267. The molecule has 2 N–H and O–H groups in total. The Balaban J connectivity index is 0.000000212. The standard InChI is InChI=1S/C34H48P.C18H13BO3/c1-2-3-4-5-6-7-8-9-10-11-12-13-14-24-31-35(32-25-18-15-19-26-32,33-27-20-16-21-28-33)34-29-22-17-23-30-34;20-19(21)22-17-7-3-6-12-8-9-15-10-13-4-1-2-5-14(13)11-16(15)18(12)17/h15-23,25-30H,2-14,24,31H2,1H3;1-11,20-21H/q+1;. The molecule has 0 unspecified atom stereocenters. The van der Waals surface area contributed by atoms with E-state index in [9.17, 15) is 0 Å². The highest BCUT2D eigenvalue weighted by Gasteiger charge is 2.44. The van der Waals surface area contributed by atoms with Gasteiger partial charge < -0.3 is 14.7 Å². The zero-order valence-electron chi connectivity index (χ0n) is 33.9. The Labute approximate surface area is 342 Å². The van der Waals surface area contributed by atoms with Crippen molar-refractivity contribution in [1.29, 1.82) is 0 Å². The van der Waals surface area contributed by atoms with Gasteiger partial charge in [0.2, 0.25) is 0 Å². The highest BCUT2D eigenvalue weighted by atomic mass is 31.2. The van der Waals surface area contributed by atoms with E-state index in [-0.39, 0.29) is 0 Å². The van der Waals surface area contributed by atoms with Crippen molar-refractivity contribution < 1.29 is 14.7 Å². The minimum atomic E-state index is -1.83. The lowest BCUT2D eigenvalue weighted by Crippen LogP contribution is -2.33. The maximum absolute atomic E-state index is 9.14. The SMILES string of the molecule is CCCCCCCCCCCCCCCC[P+](c1ccccc1)(c1ccccc1)c1ccccc1.OB(O)Oc1cccc2ccc3cc4ccccc4cc3c12. The van der Waals surface area contributed by atoms with Crippen molar-refractivity contribution in [2.75, 3.05) is 6.16 Å². The van der Waals surface area contributed by atoms with E-state index in [4.69, 9.17) is 14.7 Å². The lowest BCUT2D eigenvalue weighted by Gasteiger charge is -2.27. The molecule has 0 aliphatic carbocycles. The van der Waals surface area contributed by atoms with E-state index in [1.807, 2.05) is 30.3 Å². The van der Waals surface area contributed by atoms with Gasteiger partial charge in [0.25, 0.3) is 0 Å². The molecule has 7 rings (SSSR count). The van der Waals surface area contributed by atoms with Gasteiger partial charge in [0, 0.05) is 5.39 Å². The van der Waals surface area contributed by atoms with Crippen LogP contribution in [0.1, 0.15) is 96.8 Å². The third kappa shape index (κ3) is 11.6. The van der Waals surface area contributed by atoms with Gasteiger partial charge in [0.15, 0.2) is 0 Å². The molecule has 0 saturated heterocycles. The monoisotopic (exact) mass is 775 g/mol. The molecule has 0 spiro atoms. The molecule has 7 aromatic rings. The molecule has 0 aliphatic heterocycles. The van der Waals surface area contributed by atoms with Gasteiger partial charge in [-0.05, 0) is 94.4 Å². The van der Waals surface area contributed by atoms with E-state index in [1.165, 1.54) is 117 Å². The van der Waals surface area contributed by atoms with Gasteiger partial charge >= 0.3 is 7.32 Å². The normalized spacial score (nSPS) is 11.4. The van der Waals surface area contributed by atoms with E-state index < -0.39 is 14.6 Å². The zero-order valence-corrected chi connectivity index (χ0v) is 34.8. The Hall–Kier alpha value is -4.47. The van der Waals surface area contributed by atoms with Crippen LogP contribution in [0.4, 0.5) is 0 Å². The molecule has 0 amide bonds. The van der Waals surface area contributed by atoms with Crippen LogP contribution in [-0.2, 0) is 0 Å². The first-order valence-electron chi connectivity index (χ1n) is 21.5. The van der Waals surface area contributed by atoms with Gasteiger partial charge in [-0.1, -0.05) is 187 Å². The third-order valence-corrected chi connectivity index (χ3v) is 15.9. The third-order valence-electron chi connectivity index (χ3n) is 11.4. The molecule has 0 atom stereocenters. The van der Waals surface area contributed by atoms with E-state index >= 15 is 0 Å². The fraction of sp³-hybridized carbons (Fsp3) is 0.308. The van der Waals surface area contributed by atoms with Crippen LogP contribution in [0.3, 0.4) is 0 Å². The first-order valence-corrected chi connectivity index (χ1v) is 23.5. The molecule has 0 radical (unpaired) electrons. The summed E-state index contributed by atoms with van der Waals surface area (Å²) in [6.07, 6.45) is 21.0. The number of fused-ring (bicyclic) bond motifs is 4. The molecule has 0 aromatic heterocycles. The largest absolute Gasteiger partial charge is 0.707 e.